The number of hydrogen-bond donors (Lipinski definition) is 0. The van der Waals surface area contributed by atoms with Crippen LogP contribution in [0.4, 0.5) is 13.2 Å². The number of halogens is 3. The summed E-state index contributed by atoms with van der Waals surface area (Å²) in [7, 11) is 0. The van der Waals surface area contributed by atoms with Crippen LogP contribution < -0.4 is 0 Å². The number of carbonyl (C=O) groups excluding carboxylic acids is 1. The molecule has 0 aromatic rings. The van der Waals surface area contributed by atoms with Gasteiger partial charge in [0, 0.05) is 0 Å². The molecule has 14 heavy (non-hydrogen) atoms. The molecule has 0 saturated carbocycles. The Labute approximate surface area is 80.7 Å². The highest BCUT2D eigenvalue weighted by molar-refractivity contribution is 5.76. The Morgan fingerprint density at radius 2 is 1.64 bits per heavy atom. The van der Waals surface area contributed by atoms with Crippen LogP contribution in [0, 0.1) is 0 Å². The summed E-state index contributed by atoms with van der Waals surface area (Å²) in [5.41, 5.74) is 1.47. The molecule has 0 saturated heterocycles. The van der Waals surface area contributed by atoms with Gasteiger partial charge in [0.2, 0.25) is 0 Å². The van der Waals surface area contributed by atoms with Crippen LogP contribution in [-0.2, 0) is 9.53 Å². The first kappa shape index (κ1) is 13.0. The van der Waals surface area contributed by atoms with Gasteiger partial charge in [-0.15, -0.1) is 0 Å². The Balaban J connectivity index is 4.43. The van der Waals surface area contributed by atoms with Gasteiger partial charge in [0.1, 0.15) is 6.10 Å². The van der Waals surface area contributed by atoms with Crippen LogP contribution in [0.25, 0.3) is 0 Å². The highest BCUT2D eigenvalue weighted by atomic mass is 19.4. The zero-order valence-electron chi connectivity index (χ0n) is 8.53. The third kappa shape index (κ3) is 3.81. The molecule has 0 heterocycles. The second-order valence-corrected chi connectivity index (χ2v) is 3.23. The summed E-state index contributed by atoms with van der Waals surface area (Å²) in [6, 6.07) is 0. The average Bonchev–Trinajstić information content (AvgIpc) is 2.00. The van der Waals surface area contributed by atoms with E-state index in [2.05, 4.69) is 4.74 Å². The number of hydrogen-bond acceptors (Lipinski definition) is 2. The SMILES string of the molecule is CC(C)=C(C)C(C)OC(=O)C(F)(F)F. The molecular weight excluding hydrogens is 197 g/mol. The van der Waals surface area contributed by atoms with E-state index in [1.807, 2.05) is 0 Å². The van der Waals surface area contributed by atoms with E-state index in [1.54, 1.807) is 20.8 Å². The minimum absolute atomic E-state index is 0.627. The van der Waals surface area contributed by atoms with Crippen molar-refractivity contribution in [3.63, 3.8) is 0 Å². The summed E-state index contributed by atoms with van der Waals surface area (Å²) in [5.74, 6) is -2.15. The molecule has 0 aromatic heterocycles. The maximum absolute atomic E-state index is 11.8. The van der Waals surface area contributed by atoms with Gasteiger partial charge in [0.25, 0.3) is 0 Å². The van der Waals surface area contributed by atoms with Crippen LogP contribution in [0.3, 0.4) is 0 Å². The molecule has 5 heteroatoms. The van der Waals surface area contributed by atoms with E-state index in [-0.39, 0.29) is 0 Å². The molecule has 0 aliphatic carbocycles. The maximum Gasteiger partial charge on any atom is 0.490 e. The molecule has 1 unspecified atom stereocenters. The Hall–Kier alpha value is -1.00. The molecule has 0 N–H and O–H groups in total. The Bertz CT molecular complexity index is 249. The molecule has 0 radical (unpaired) electrons. The van der Waals surface area contributed by atoms with Crippen LogP contribution in [-0.4, -0.2) is 18.2 Å². The first-order valence-electron chi connectivity index (χ1n) is 4.08. The van der Waals surface area contributed by atoms with Gasteiger partial charge in [-0.2, -0.15) is 13.2 Å². The monoisotopic (exact) mass is 210 g/mol. The topological polar surface area (TPSA) is 26.3 Å². The highest BCUT2D eigenvalue weighted by Gasteiger charge is 2.41. The Kier molecular flexibility index (Phi) is 4.16. The fraction of sp³-hybridized carbons (Fsp3) is 0.667. The molecule has 0 bridgehead atoms. The van der Waals surface area contributed by atoms with Crippen molar-refractivity contribution in [2.45, 2.75) is 40.0 Å². The normalized spacial score (nSPS) is 13.4. The third-order valence-electron chi connectivity index (χ3n) is 1.91. The molecule has 0 aliphatic heterocycles. The lowest BCUT2D eigenvalue weighted by Crippen LogP contribution is -2.29. The van der Waals surface area contributed by atoms with Gasteiger partial charge in [0.05, 0.1) is 0 Å². The standard InChI is InChI=1S/C9H13F3O2/c1-5(2)6(3)7(4)14-8(13)9(10,11)12/h7H,1-4H3. The predicted octanol–water partition coefficient (Wildman–Crippen LogP) is 2.84. The number of carbonyl (C=O) groups is 1. The number of esters is 1. The molecule has 1 atom stereocenters. The van der Waals surface area contributed by atoms with Crippen molar-refractivity contribution in [2.24, 2.45) is 0 Å². The van der Waals surface area contributed by atoms with Crippen LogP contribution in [0.1, 0.15) is 27.7 Å². The van der Waals surface area contributed by atoms with Gasteiger partial charge >= 0.3 is 12.1 Å². The summed E-state index contributed by atoms with van der Waals surface area (Å²) < 4.78 is 39.6. The highest BCUT2D eigenvalue weighted by Crippen LogP contribution is 2.20. The second-order valence-electron chi connectivity index (χ2n) is 3.23. The molecule has 0 aliphatic rings. The summed E-state index contributed by atoms with van der Waals surface area (Å²) in [4.78, 5) is 10.4. The summed E-state index contributed by atoms with van der Waals surface area (Å²) in [6.07, 6.45) is -5.76. The summed E-state index contributed by atoms with van der Waals surface area (Å²) in [6.45, 7) is 6.52. The average molecular weight is 210 g/mol. The second kappa shape index (κ2) is 4.48. The quantitative estimate of drug-likeness (QED) is 0.517. The van der Waals surface area contributed by atoms with Crippen molar-refractivity contribution in [3.05, 3.63) is 11.1 Å². The van der Waals surface area contributed by atoms with Gasteiger partial charge in [-0.25, -0.2) is 4.79 Å². The van der Waals surface area contributed by atoms with Crippen molar-refractivity contribution in [1.82, 2.24) is 0 Å². The van der Waals surface area contributed by atoms with Crippen LogP contribution >= 0.6 is 0 Å². The van der Waals surface area contributed by atoms with Crippen LogP contribution in [0.2, 0.25) is 0 Å². The molecule has 82 valence electrons. The van der Waals surface area contributed by atoms with Gasteiger partial charge in [-0.1, -0.05) is 5.57 Å². The largest absolute Gasteiger partial charge is 0.490 e. The van der Waals surface area contributed by atoms with E-state index in [0.29, 0.717) is 5.57 Å². The molecular formula is C9H13F3O2. The molecule has 0 rings (SSSR count). The molecule has 2 nitrogen and oxygen atoms in total. The van der Waals surface area contributed by atoms with E-state index in [9.17, 15) is 18.0 Å². The van der Waals surface area contributed by atoms with Crippen molar-refractivity contribution in [3.8, 4) is 0 Å². The Morgan fingerprint density at radius 3 is 1.93 bits per heavy atom. The number of rotatable bonds is 2. The van der Waals surface area contributed by atoms with E-state index >= 15 is 0 Å². The number of alkyl halides is 3. The fourth-order valence-corrected chi connectivity index (χ4v) is 0.722. The maximum atomic E-state index is 11.8. The van der Waals surface area contributed by atoms with Crippen molar-refractivity contribution < 1.29 is 22.7 Å². The van der Waals surface area contributed by atoms with Gasteiger partial charge in [-0.3, -0.25) is 0 Å². The van der Waals surface area contributed by atoms with Gasteiger partial charge in [0.15, 0.2) is 0 Å². The molecule has 0 fully saturated rings. The zero-order chi connectivity index (χ0) is 11.5. The minimum atomic E-state index is -4.92. The van der Waals surface area contributed by atoms with Crippen molar-refractivity contribution >= 4 is 5.97 Å². The summed E-state index contributed by atoms with van der Waals surface area (Å²) in [5, 5.41) is 0. The van der Waals surface area contributed by atoms with E-state index in [4.69, 9.17) is 0 Å². The number of ether oxygens (including phenoxy) is 1. The van der Waals surface area contributed by atoms with E-state index in [0.717, 1.165) is 5.57 Å². The molecule has 0 spiro atoms. The fourth-order valence-electron chi connectivity index (χ4n) is 0.722. The van der Waals surface area contributed by atoms with Gasteiger partial charge in [-0.05, 0) is 33.3 Å². The number of allylic oxidation sites excluding steroid dienone is 1. The Morgan fingerprint density at radius 1 is 1.21 bits per heavy atom. The van der Waals surface area contributed by atoms with Gasteiger partial charge < -0.3 is 4.74 Å². The molecule has 0 amide bonds. The van der Waals surface area contributed by atoms with Crippen LogP contribution in [0.5, 0.6) is 0 Å². The first-order chi connectivity index (χ1) is 6.16. The lowest BCUT2D eigenvalue weighted by Gasteiger charge is -2.16. The lowest BCUT2D eigenvalue weighted by molar-refractivity contribution is -0.202. The first-order valence-corrected chi connectivity index (χ1v) is 4.08. The lowest BCUT2D eigenvalue weighted by atomic mass is 10.1. The molecule has 0 aromatic carbocycles. The van der Waals surface area contributed by atoms with Crippen molar-refractivity contribution in [2.75, 3.05) is 0 Å². The minimum Gasteiger partial charge on any atom is -0.451 e. The van der Waals surface area contributed by atoms with Crippen molar-refractivity contribution in [1.29, 1.82) is 0 Å². The van der Waals surface area contributed by atoms with E-state index < -0.39 is 18.2 Å². The van der Waals surface area contributed by atoms with E-state index in [1.165, 1.54) is 6.92 Å². The smallest absolute Gasteiger partial charge is 0.451 e. The predicted molar refractivity (Wildman–Crippen MR) is 45.7 cm³/mol. The summed E-state index contributed by atoms with van der Waals surface area (Å²) >= 11 is 0. The zero-order valence-corrected chi connectivity index (χ0v) is 8.53. The third-order valence-corrected chi connectivity index (χ3v) is 1.91. The van der Waals surface area contributed by atoms with Crippen LogP contribution in [0.15, 0.2) is 11.1 Å².